The lowest BCUT2D eigenvalue weighted by Gasteiger charge is -2.13. The van der Waals surface area contributed by atoms with Crippen molar-refractivity contribution < 1.29 is 10.0 Å². The highest BCUT2D eigenvalue weighted by Crippen LogP contribution is 2.27. The Labute approximate surface area is 130 Å². The van der Waals surface area contributed by atoms with E-state index in [9.17, 15) is 15.2 Å². The van der Waals surface area contributed by atoms with E-state index in [-0.39, 0.29) is 12.2 Å². The average molecular weight is 351 g/mol. The first-order valence-corrected chi connectivity index (χ1v) is 7.25. The Bertz CT molecular complexity index is 620. The summed E-state index contributed by atoms with van der Waals surface area (Å²) in [7, 11) is 0. The molecular formula is C15H15BrN2O3. The average Bonchev–Trinajstić information content (AvgIpc) is 2.47. The van der Waals surface area contributed by atoms with Gasteiger partial charge in [0.1, 0.15) is 5.69 Å². The van der Waals surface area contributed by atoms with Crippen molar-refractivity contribution in [2.75, 3.05) is 11.9 Å². The summed E-state index contributed by atoms with van der Waals surface area (Å²) in [5.41, 5.74) is 1.41. The van der Waals surface area contributed by atoms with Crippen LogP contribution >= 0.6 is 15.9 Å². The van der Waals surface area contributed by atoms with Crippen molar-refractivity contribution in [2.45, 2.75) is 12.5 Å². The maximum absolute atomic E-state index is 11.0. The van der Waals surface area contributed by atoms with E-state index in [0.717, 1.165) is 5.56 Å². The highest BCUT2D eigenvalue weighted by molar-refractivity contribution is 9.10. The van der Waals surface area contributed by atoms with Crippen molar-refractivity contribution in [3.8, 4) is 0 Å². The largest absolute Gasteiger partial charge is 0.391 e. The molecule has 21 heavy (non-hydrogen) atoms. The summed E-state index contributed by atoms with van der Waals surface area (Å²) in [5.74, 6) is 0. The summed E-state index contributed by atoms with van der Waals surface area (Å²) in [6.45, 7) is 0.247. The molecule has 2 aromatic rings. The molecule has 0 fully saturated rings. The Morgan fingerprint density at radius 1 is 1.24 bits per heavy atom. The third-order valence-corrected chi connectivity index (χ3v) is 3.49. The van der Waals surface area contributed by atoms with Gasteiger partial charge in [-0.25, -0.2) is 0 Å². The minimum absolute atomic E-state index is 0.0173. The number of hydrogen-bond donors (Lipinski definition) is 2. The topological polar surface area (TPSA) is 75.4 Å². The molecule has 0 saturated heterocycles. The Hall–Kier alpha value is -1.92. The number of nitro groups is 1. The number of hydrogen-bond acceptors (Lipinski definition) is 4. The normalized spacial score (nSPS) is 11.9. The van der Waals surface area contributed by atoms with E-state index in [1.54, 1.807) is 12.1 Å². The maximum atomic E-state index is 11.0. The van der Waals surface area contributed by atoms with Gasteiger partial charge in [-0.1, -0.05) is 46.3 Å². The number of nitrogens with zero attached hydrogens (tertiary/aromatic N) is 1. The van der Waals surface area contributed by atoms with Gasteiger partial charge in [0.25, 0.3) is 5.69 Å². The van der Waals surface area contributed by atoms with Gasteiger partial charge in [0.2, 0.25) is 0 Å². The predicted octanol–water partition coefficient (Wildman–Crippen LogP) is 3.37. The molecule has 1 unspecified atom stereocenters. The molecule has 6 heteroatoms. The van der Waals surface area contributed by atoms with Crippen molar-refractivity contribution >= 4 is 27.3 Å². The van der Waals surface area contributed by atoms with Crippen LogP contribution in [0.15, 0.2) is 53.0 Å². The Morgan fingerprint density at radius 2 is 1.95 bits per heavy atom. The summed E-state index contributed by atoms with van der Waals surface area (Å²) in [5, 5.41) is 23.9. The fourth-order valence-corrected chi connectivity index (χ4v) is 2.34. The van der Waals surface area contributed by atoms with Gasteiger partial charge in [-0.2, -0.15) is 0 Å². The van der Waals surface area contributed by atoms with Crippen molar-refractivity contribution in [3.63, 3.8) is 0 Å². The number of aliphatic hydroxyl groups excluding tert-OH is 1. The fraction of sp³-hybridized carbons (Fsp3) is 0.200. The number of nitro benzene ring substituents is 1. The predicted molar refractivity (Wildman–Crippen MR) is 85.4 cm³/mol. The first-order valence-electron chi connectivity index (χ1n) is 6.46. The molecule has 2 N–H and O–H groups in total. The quantitative estimate of drug-likeness (QED) is 0.618. The minimum Gasteiger partial charge on any atom is -0.391 e. The molecule has 110 valence electrons. The zero-order valence-corrected chi connectivity index (χ0v) is 12.8. The molecule has 1 atom stereocenters. The number of rotatable bonds is 6. The van der Waals surface area contributed by atoms with E-state index in [1.807, 2.05) is 30.3 Å². The van der Waals surface area contributed by atoms with Gasteiger partial charge in [-0.05, 0) is 17.7 Å². The lowest BCUT2D eigenvalue weighted by molar-refractivity contribution is -0.384. The Morgan fingerprint density at radius 3 is 2.62 bits per heavy atom. The van der Waals surface area contributed by atoms with E-state index >= 15 is 0 Å². The minimum atomic E-state index is -0.615. The lowest BCUT2D eigenvalue weighted by Crippen LogP contribution is -2.22. The maximum Gasteiger partial charge on any atom is 0.293 e. The fourth-order valence-electron chi connectivity index (χ4n) is 1.99. The third kappa shape index (κ3) is 4.54. The van der Waals surface area contributed by atoms with Gasteiger partial charge in [-0.3, -0.25) is 10.1 Å². The molecule has 0 saturated carbocycles. The Balaban J connectivity index is 1.98. The highest BCUT2D eigenvalue weighted by atomic mass is 79.9. The van der Waals surface area contributed by atoms with Crippen LogP contribution in [0.4, 0.5) is 11.4 Å². The van der Waals surface area contributed by atoms with Crippen LogP contribution in [0.5, 0.6) is 0 Å². The van der Waals surface area contributed by atoms with Gasteiger partial charge in [0.15, 0.2) is 0 Å². The summed E-state index contributed by atoms with van der Waals surface area (Å²) in [6, 6.07) is 14.4. The van der Waals surface area contributed by atoms with E-state index < -0.39 is 11.0 Å². The van der Waals surface area contributed by atoms with Crippen LogP contribution in [0.3, 0.4) is 0 Å². The number of halogens is 1. The van der Waals surface area contributed by atoms with Crippen molar-refractivity contribution in [3.05, 3.63) is 68.7 Å². The number of anilines is 1. The first kappa shape index (κ1) is 15.5. The molecule has 2 aromatic carbocycles. The molecule has 0 bridgehead atoms. The van der Waals surface area contributed by atoms with Crippen LogP contribution in [0.2, 0.25) is 0 Å². The van der Waals surface area contributed by atoms with E-state index in [4.69, 9.17) is 0 Å². The molecule has 0 spiro atoms. The third-order valence-electron chi connectivity index (χ3n) is 3.00. The van der Waals surface area contributed by atoms with Crippen molar-refractivity contribution in [2.24, 2.45) is 0 Å². The van der Waals surface area contributed by atoms with Gasteiger partial charge >= 0.3 is 0 Å². The van der Waals surface area contributed by atoms with Crippen LogP contribution < -0.4 is 5.32 Å². The second kappa shape index (κ2) is 7.19. The molecule has 0 aliphatic heterocycles. The molecule has 0 aromatic heterocycles. The molecule has 2 rings (SSSR count). The second-order valence-corrected chi connectivity index (χ2v) is 5.56. The van der Waals surface area contributed by atoms with Crippen LogP contribution in [-0.2, 0) is 6.42 Å². The van der Waals surface area contributed by atoms with E-state index in [0.29, 0.717) is 16.6 Å². The smallest absolute Gasteiger partial charge is 0.293 e. The molecule has 0 amide bonds. The summed E-state index contributed by atoms with van der Waals surface area (Å²) >= 11 is 3.21. The van der Waals surface area contributed by atoms with Gasteiger partial charge in [0.05, 0.1) is 11.0 Å². The monoisotopic (exact) mass is 350 g/mol. The highest BCUT2D eigenvalue weighted by Gasteiger charge is 2.15. The molecule has 0 radical (unpaired) electrons. The first-order chi connectivity index (χ1) is 10.1. The Kier molecular flexibility index (Phi) is 5.30. The summed E-state index contributed by atoms with van der Waals surface area (Å²) in [6.07, 6.45) is -0.117. The molecular weight excluding hydrogens is 336 g/mol. The second-order valence-electron chi connectivity index (χ2n) is 4.64. The molecule has 0 aliphatic rings. The van der Waals surface area contributed by atoms with Gasteiger partial charge < -0.3 is 10.4 Å². The number of nitrogens with one attached hydrogen (secondary N) is 1. The number of benzene rings is 2. The van der Waals surface area contributed by atoms with Crippen LogP contribution in [0.25, 0.3) is 0 Å². The molecule has 5 nitrogen and oxygen atoms in total. The summed E-state index contributed by atoms with van der Waals surface area (Å²) < 4.78 is 0.643. The van der Waals surface area contributed by atoms with Crippen molar-refractivity contribution in [1.82, 2.24) is 0 Å². The van der Waals surface area contributed by atoms with E-state index in [2.05, 4.69) is 21.2 Å². The van der Waals surface area contributed by atoms with Crippen molar-refractivity contribution in [1.29, 1.82) is 0 Å². The lowest BCUT2D eigenvalue weighted by atomic mass is 10.1. The number of aliphatic hydroxyl groups is 1. The van der Waals surface area contributed by atoms with Gasteiger partial charge in [-0.15, -0.1) is 0 Å². The standard InChI is InChI=1S/C15H15BrN2O3/c16-12-6-7-14(15(9-12)18(20)21)17-10-13(19)8-11-4-2-1-3-5-11/h1-7,9,13,17,19H,8,10H2. The van der Waals surface area contributed by atoms with Crippen LogP contribution in [0, 0.1) is 10.1 Å². The van der Waals surface area contributed by atoms with E-state index in [1.165, 1.54) is 6.07 Å². The SMILES string of the molecule is O=[N+]([O-])c1cc(Br)ccc1NCC(O)Cc1ccccc1. The zero-order chi connectivity index (χ0) is 15.2. The summed E-state index contributed by atoms with van der Waals surface area (Å²) in [4.78, 5) is 10.5. The van der Waals surface area contributed by atoms with Crippen LogP contribution in [0.1, 0.15) is 5.56 Å². The van der Waals surface area contributed by atoms with Gasteiger partial charge in [0, 0.05) is 23.5 Å². The van der Waals surface area contributed by atoms with Crippen LogP contribution in [-0.4, -0.2) is 22.7 Å². The zero-order valence-electron chi connectivity index (χ0n) is 11.2. The molecule has 0 aliphatic carbocycles. The molecule has 0 heterocycles.